The Labute approximate surface area is 189 Å². The number of rotatable bonds is 10. The molecule has 1 saturated heterocycles. The largest absolute Gasteiger partial charge is 0.494 e. The Hall–Kier alpha value is -2.90. The molecule has 1 aliphatic rings. The fourth-order valence-corrected chi connectivity index (χ4v) is 4.00. The molecule has 1 aromatic heterocycles. The second kappa shape index (κ2) is 11.6. The average molecular weight is 443 g/mol. The lowest BCUT2D eigenvalue weighted by molar-refractivity contribution is -0.137. The van der Waals surface area contributed by atoms with Crippen molar-refractivity contribution < 1.29 is 18.8 Å². The zero-order chi connectivity index (χ0) is 22.9. The third-order valence-electron chi connectivity index (χ3n) is 5.96. The molecule has 1 N–H and O–H groups in total. The molecule has 2 aromatic rings. The minimum Gasteiger partial charge on any atom is -0.494 e. The van der Waals surface area contributed by atoms with Gasteiger partial charge in [0.1, 0.15) is 5.75 Å². The van der Waals surface area contributed by atoms with Crippen LogP contribution in [0.25, 0.3) is 11.4 Å². The number of piperidine rings is 1. The van der Waals surface area contributed by atoms with E-state index in [2.05, 4.69) is 29.3 Å². The Kier molecular flexibility index (Phi) is 8.64. The molecular formula is C24H34N4O4. The quantitative estimate of drug-likeness (QED) is 0.604. The van der Waals surface area contributed by atoms with E-state index >= 15 is 0 Å². The van der Waals surface area contributed by atoms with Gasteiger partial charge in [0.2, 0.25) is 23.5 Å². The molecule has 0 saturated carbocycles. The van der Waals surface area contributed by atoms with Gasteiger partial charge in [0, 0.05) is 43.5 Å². The van der Waals surface area contributed by atoms with Gasteiger partial charge in [-0.05, 0) is 56.9 Å². The van der Waals surface area contributed by atoms with Gasteiger partial charge in [0.15, 0.2) is 0 Å². The van der Waals surface area contributed by atoms with E-state index in [0.29, 0.717) is 37.8 Å². The van der Waals surface area contributed by atoms with Crippen molar-refractivity contribution in [3.63, 3.8) is 0 Å². The van der Waals surface area contributed by atoms with Gasteiger partial charge in [-0.3, -0.25) is 9.59 Å². The van der Waals surface area contributed by atoms with Gasteiger partial charge in [-0.15, -0.1) is 0 Å². The maximum atomic E-state index is 12.5. The second-order valence-electron chi connectivity index (χ2n) is 8.15. The van der Waals surface area contributed by atoms with Crippen LogP contribution in [0.2, 0.25) is 0 Å². The van der Waals surface area contributed by atoms with Crippen molar-refractivity contribution in [3.8, 4) is 17.1 Å². The molecule has 0 unspecified atom stereocenters. The number of carbonyl (C=O) groups excluding carboxylic acids is 2. The molecule has 1 fully saturated rings. The number of ether oxygens (including phenoxy) is 1. The van der Waals surface area contributed by atoms with Gasteiger partial charge in [-0.1, -0.05) is 19.0 Å². The lowest BCUT2D eigenvalue weighted by atomic mass is 9.98. The summed E-state index contributed by atoms with van der Waals surface area (Å²) in [5, 5.41) is 7.09. The van der Waals surface area contributed by atoms with Gasteiger partial charge in [0.25, 0.3) is 0 Å². The number of nitrogens with one attached hydrogen (secondary N) is 1. The average Bonchev–Trinajstić information content (AvgIpc) is 3.29. The zero-order valence-corrected chi connectivity index (χ0v) is 19.3. The Bertz CT molecular complexity index is 868. The first kappa shape index (κ1) is 23.8. The van der Waals surface area contributed by atoms with Crippen molar-refractivity contribution in [2.75, 3.05) is 19.7 Å². The molecule has 0 aliphatic carbocycles. The summed E-state index contributed by atoms with van der Waals surface area (Å²) in [5.74, 6) is 2.06. The standard InChI is InChI=1S/C24H34N4O4/c1-4-17(5-2)24(30)28-15-13-19(14-16-28)25-21(29)11-12-22-26-23(27-32-22)18-7-9-20(10-8-18)31-6-3/h7-10,17,19H,4-6,11-16H2,1-3H3,(H,25,29). The highest BCUT2D eigenvalue weighted by Crippen LogP contribution is 2.21. The molecule has 3 rings (SSSR count). The Morgan fingerprint density at radius 1 is 1.16 bits per heavy atom. The van der Waals surface area contributed by atoms with Crippen LogP contribution in [-0.2, 0) is 16.0 Å². The van der Waals surface area contributed by atoms with Crippen LogP contribution >= 0.6 is 0 Å². The number of hydrogen-bond donors (Lipinski definition) is 1. The summed E-state index contributed by atoms with van der Waals surface area (Å²) in [5.41, 5.74) is 0.836. The smallest absolute Gasteiger partial charge is 0.227 e. The number of aryl methyl sites for hydroxylation is 1. The number of nitrogens with zero attached hydrogens (tertiary/aromatic N) is 3. The highest BCUT2D eigenvalue weighted by Gasteiger charge is 2.27. The second-order valence-corrected chi connectivity index (χ2v) is 8.15. The molecule has 8 heteroatoms. The number of likely N-dealkylation sites (tertiary alicyclic amines) is 1. The van der Waals surface area contributed by atoms with E-state index in [1.165, 1.54) is 0 Å². The van der Waals surface area contributed by atoms with E-state index in [-0.39, 0.29) is 30.2 Å². The van der Waals surface area contributed by atoms with Crippen LogP contribution in [0.1, 0.15) is 58.8 Å². The maximum absolute atomic E-state index is 12.5. The van der Waals surface area contributed by atoms with E-state index in [4.69, 9.17) is 9.26 Å². The van der Waals surface area contributed by atoms with Gasteiger partial charge >= 0.3 is 0 Å². The maximum Gasteiger partial charge on any atom is 0.227 e. The fraction of sp³-hybridized carbons (Fsp3) is 0.583. The van der Waals surface area contributed by atoms with E-state index in [1.807, 2.05) is 36.1 Å². The third-order valence-corrected chi connectivity index (χ3v) is 5.96. The highest BCUT2D eigenvalue weighted by molar-refractivity contribution is 5.79. The van der Waals surface area contributed by atoms with Crippen LogP contribution in [-0.4, -0.2) is 52.6 Å². The van der Waals surface area contributed by atoms with E-state index in [9.17, 15) is 9.59 Å². The summed E-state index contributed by atoms with van der Waals surface area (Å²) in [6.07, 6.45) is 4.02. The SMILES string of the molecule is CCOc1ccc(-c2noc(CCC(=O)NC3CCN(C(=O)C(CC)CC)CC3)n2)cc1. The molecule has 1 aromatic carbocycles. The van der Waals surface area contributed by atoms with Crippen molar-refractivity contribution in [2.45, 2.75) is 65.3 Å². The van der Waals surface area contributed by atoms with E-state index < -0.39 is 0 Å². The first-order valence-electron chi connectivity index (χ1n) is 11.7. The molecule has 2 amide bonds. The lowest BCUT2D eigenvalue weighted by Gasteiger charge is -2.34. The molecule has 2 heterocycles. The zero-order valence-electron chi connectivity index (χ0n) is 19.3. The van der Waals surface area contributed by atoms with E-state index in [1.54, 1.807) is 0 Å². The normalized spacial score (nSPS) is 14.6. The molecule has 1 aliphatic heterocycles. The lowest BCUT2D eigenvalue weighted by Crippen LogP contribution is -2.48. The first-order valence-corrected chi connectivity index (χ1v) is 11.7. The molecule has 174 valence electrons. The molecular weight excluding hydrogens is 408 g/mol. The summed E-state index contributed by atoms with van der Waals surface area (Å²) < 4.78 is 10.7. The molecule has 0 radical (unpaired) electrons. The molecule has 0 bridgehead atoms. The van der Waals surface area contributed by atoms with Gasteiger partial charge in [-0.2, -0.15) is 4.98 Å². The van der Waals surface area contributed by atoms with Crippen LogP contribution in [0.3, 0.4) is 0 Å². The predicted molar refractivity (Wildman–Crippen MR) is 121 cm³/mol. The topological polar surface area (TPSA) is 97.6 Å². The minimum atomic E-state index is -0.0319. The fourth-order valence-electron chi connectivity index (χ4n) is 4.00. The number of aromatic nitrogens is 2. The number of benzene rings is 1. The molecule has 0 spiro atoms. The van der Waals surface area contributed by atoms with Crippen LogP contribution in [0.5, 0.6) is 5.75 Å². The van der Waals surface area contributed by atoms with Gasteiger partial charge in [-0.25, -0.2) is 0 Å². The van der Waals surface area contributed by atoms with Crippen molar-refractivity contribution in [1.82, 2.24) is 20.4 Å². The third kappa shape index (κ3) is 6.31. The molecule has 8 nitrogen and oxygen atoms in total. The van der Waals surface area contributed by atoms with Crippen LogP contribution in [0.4, 0.5) is 0 Å². The minimum absolute atomic E-state index is 0.0319. The van der Waals surface area contributed by atoms with Crippen LogP contribution in [0, 0.1) is 5.92 Å². The number of hydrogen-bond acceptors (Lipinski definition) is 6. The highest BCUT2D eigenvalue weighted by atomic mass is 16.5. The Morgan fingerprint density at radius 3 is 2.47 bits per heavy atom. The molecule has 32 heavy (non-hydrogen) atoms. The van der Waals surface area contributed by atoms with E-state index in [0.717, 1.165) is 37.0 Å². The van der Waals surface area contributed by atoms with Gasteiger partial charge < -0.3 is 19.5 Å². The summed E-state index contributed by atoms with van der Waals surface area (Å²) in [6.45, 7) is 8.08. The van der Waals surface area contributed by atoms with Crippen molar-refractivity contribution in [3.05, 3.63) is 30.2 Å². The van der Waals surface area contributed by atoms with Crippen LogP contribution < -0.4 is 10.1 Å². The Morgan fingerprint density at radius 2 is 1.84 bits per heavy atom. The van der Waals surface area contributed by atoms with Crippen molar-refractivity contribution in [2.24, 2.45) is 5.92 Å². The van der Waals surface area contributed by atoms with Gasteiger partial charge in [0.05, 0.1) is 6.61 Å². The number of amides is 2. The summed E-state index contributed by atoms with van der Waals surface area (Å²) in [4.78, 5) is 31.2. The monoisotopic (exact) mass is 442 g/mol. The number of carbonyl (C=O) groups is 2. The Balaban J connectivity index is 1.42. The predicted octanol–water partition coefficient (Wildman–Crippen LogP) is 3.61. The van der Waals surface area contributed by atoms with Crippen molar-refractivity contribution in [1.29, 1.82) is 0 Å². The molecule has 0 atom stereocenters. The first-order chi connectivity index (χ1) is 15.5. The summed E-state index contributed by atoms with van der Waals surface area (Å²) in [6, 6.07) is 7.60. The summed E-state index contributed by atoms with van der Waals surface area (Å²) in [7, 11) is 0. The summed E-state index contributed by atoms with van der Waals surface area (Å²) >= 11 is 0. The van der Waals surface area contributed by atoms with Crippen molar-refractivity contribution >= 4 is 11.8 Å². The van der Waals surface area contributed by atoms with Crippen LogP contribution in [0.15, 0.2) is 28.8 Å².